The highest BCUT2D eigenvalue weighted by Gasteiger charge is 2.46. The lowest BCUT2D eigenvalue weighted by atomic mass is 10.00. The van der Waals surface area contributed by atoms with E-state index in [1.807, 2.05) is 0 Å². The summed E-state index contributed by atoms with van der Waals surface area (Å²) in [7, 11) is 0. The monoisotopic (exact) mass is 412 g/mol. The van der Waals surface area contributed by atoms with Crippen molar-refractivity contribution < 1.29 is 37.9 Å². The standard InChI is InChI=1S/C19H18F2O6S/c1-10-15(22)17(27-19(28)26-14-8-4-12(21)5-9-14)16(23)18(24-10)25-13-6-2-11(20)3-7-13/h2-10,15-18,22-23H,1H3/t10-,15+,16-,17+,18+/m0/s1. The number of aliphatic hydroxyl groups excluding tert-OH is 2. The molecule has 0 amide bonds. The average Bonchev–Trinajstić information content (AvgIpc) is 2.67. The van der Waals surface area contributed by atoms with Gasteiger partial charge in [-0.15, -0.1) is 0 Å². The van der Waals surface area contributed by atoms with Crippen LogP contribution in [0.15, 0.2) is 48.5 Å². The van der Waals surface area contributed by atoms with Crippen LogP contribution in [-0.4, -0.2) is 46.2 Å². The largest absolute Gasteiger partial charge is 0.462 e. The van der Waals surface area contributed by atoms with E-state index >= 15 is 0 Å². The van der Waals surface area contributed by atoms with Crippen molar-refractivity contribution in [2.45, 2.75) is 37.6 Å². The fourth-order valence-electron chi connectivity index (χ4n) is 2.61. The molecule has 0 bridgehead atoms. The molecule has 3 rings (SSSR count). The predicted molar refractivity (Wildman–Crippen MR) is 97.9 cm³/mol. The zero-order chi connectivity index (χ0) is 20.3. The molecule has 0 saturated carbocycles. The van der Waals surface area contributed by atoms with Gasteiger partial charge in [-0.2, -0.15) is 0 Å². The van der Waals surface area contributed by atoms with Gasteiger partial charge >= 0.3 is 5.24 Å². The topological polar surface area (TPSA) is 77.4 Å². The fraction of sp³-hybridized carbons (Fsp3) is 0.316. The number of hydrogen-bond donors (Lipinski definition) is 2. The van der Waals surface area contributed by atoms with Crippen molar-refractivity contribution in [2.24, 2.45) is 0 Å². The Bertz CT molecular complexity index is 801. The maximum Gasteiger partial charge on any atom is 0.358 e. The van der Waals surface area contributed by atoms with E-state index in [1.165, 1.54) is 48.5 Å². The van der Waals surface area contributed by atoms with Crippen molar-refractivity contribution in [1.29, 1.82) is 0 Å². The van der Waals surface area contributed by atoms with E-state index in [2.05, 4.69) is 0 Å². The normalized spacial score (nSPS) is 27.1. The Labute approximate surface area is 165 Å². The summed E-state index contributed by atoms with van der Waals surface area (Å²) < 4.78 is 47.6. The molecule has 0 unspecified atom stereocenters. The van der Waals surface area contributed by atoms with Crippen LogP contribution in [0.4, 0.5) is 8.78 Å². The lowest BCUT2D eigenvalue weighted by Crippen LogP contribution is -2.59. The molecule has 9 heteroatoms. The molecule has 0 aliphatic carbocycles. The van der Waals surface area contributed by atoms with Crippen molar-refractivity contribution in [2.75, 3.05) is 0 Å². The Balaban J connectivity index is 1.66. The Morgan fingerprint density at radius 2 is 1.46 bits per heavy atom. The first kappa shape index (κ1) is 20.4. The van der Waals surface area contributed by atoms with Crippen LogP contribution in [0.2, 0.25) is 0 Å². The third kappa shape index (κ3) is 4.93. The molecule has 150 valence electrons. The number of aliphatic hydroxyl groups is 2. The first-order chi connectivity index (χ1) is 13.3. The molecular weight excluding hydrogens is 394 g/mol. The predicted octanol–water partition coefficient (Wildman–Crippen LogP) is 2.56. The second-order valence-electron chi connectivity index (χ2n) is 6.15. The van der Waals surface area contributed by atoms with Gasteiger partial charge in [-0.05, 0) is 55.5 Å². The number of thiocarbonyl (C=S) groups is 1. The van der Waals surface area contributed by atoms with Gasteiger partial charge < -0.3 is 29.2 Å². The number of ether oxygens (including phenoxy) is 4. The summed E-state index contributed by atoms with van der Waals surface area (Å²) in [5, 5.41) is 20.4. The van der Waals surface area contributed by atoms with Crippen LogP contribution in [0, 0.1) is 11.6 Å². The van der Waals surface area contributed by atoms with Crippen molar-refractivity contribution in [3.8, 4) is 11.5 Å². The Morgan fingerprint density at radius 1 is 0.929 bits per heavy atom. The number of halogens is 2. The maximum absolute atomic E-state index is 13.0. The lowest BCUT2D eigenvalue weighted by Gasteiger charge is -2.40. The number of rotatable bonds is 4. The van der Waals surface area contributed by atoms with Crippen molar-refractivity contribution in [3.63, 3.8) is 0 Å². The number of hydrogen-bond acceptors (Lipinski definition) is 7. The van der Waals surface area contributed by atoms with Crippen molar-refractivity contribution in [3.05, 3.63) is 60.2 Å². The SMILES string of the molecule is C[C@@H]1O[C@H](Oc2ccc(F)cc2)[C@@H](O)[C@H](OC(=S)Oc2ccc(F)cc2)[C@@H]1O. The molecule has 1 fully saturated rings. The fourth-order valence-corrected chi connectivity index (χ4v) is 2.82. The van der Waals surface area contributed by atoms with Gasteiger partial charge in [0.05, 0.1) is 6.10 Å². The molecule has 0 radical (unpaired) electrons. The third-order valence-corrected chi connectivity index (χ3v) is 4.27. The van der Waals surface area contributed by atoms with Crippen molar-refractivity contribution in [1.82, 2.24) is 0 Å². The quantitative estimate of drug-likeness (QED) is 0.748. The molecule has 1 aliphatic heterocycles. The van der Waals surface area contributed by atoms with E-state index in [4.69, 9.17) is 31.2 Å². The maximum atomic E-state index is 13.0. The van der Waals surface area contributed by atoms with Gasteiger partial charge in [-0.1, -0.05) is 0 Å². The molecule has 5 atom stereocenters. The Kier molecular flexibility index (Phi) is 6.40. The summed E-state index contributed by atoms with van der Waals surface area (Å²) in [5.41, 5.74) is 0. The van der Waals surface area contributed by atoms with Crippen LogP contribution >= 0.6 is 12.2 Å². The second kappa shape index (κ2) is 8.78. The third-order valence-electron chi connectivity index (χ3n) is 4.09. The van der Waals surface area contributed by atoms with Gasteiger partial charge in [0.25, 0.3) is 0 Å². The number of benzene rings is 2. The zero-order valence-electron chi connectivity index (χ0n) is 14.7. The smallest absolute Gasteiger partial charge is 0.358 e. The van der Waals surface area contributed by atoms with E-state index in [0.29, 0.717) is 0 Å². The van der Waals surface area contributed by atoms with Gasteiger partial charge in [-0.25, -0.2) is 8.78 Å². The molecular formula is C19H18F2O6S. The first-order valence-corrected chi connectivity index (χ1v) is 8.82. The van der Waals surface area contributed by atoms with E-state index in [0.717, 1.165) is 0 Å². The zero-order valence-corrected chi connectivity index (χ0v) is 15.5. The van der Waals surface area contributed by atoms with Gasteiger partial charge in [0.1, 0.15) is 29.2 Å². The molecule has 0 aromatic heterocycles. The van der Waals surface area contributed by atoms with Crippen LogP contribution in [0.3, 0.4) is 0 Å². The summed E-state index contributed by atoms with van der Waals surface area (Å²) >= 11 is 4.99. The lowest BCUT2D eigenvalue weighted by molar-refractivity contribution is -0.266. The minimum absolute atomic E-state index is 0.231. The molecule has 2 aromatic rings. The summed E-state index contributed by atoms with van der Waals surface area (Å²) in [6.45, 7) is 1.57. The molecule has 1 aliphatic rings. The van der Waals surface area contributed by atoms with Gasteiger partial charge in [0.15, 0.2) is 12.2 Å². The summed E-state index contributed by atoms with van der Waals surface area (Å²) in [5.74, 6) is -0.387. The average molecular weight is 412 g/mol. The van der Waals surface area contributed by atoms with Gasteiger partial charge in [-0.3, -0.25) is 0 Å². The van der Waals surface area contributed by atoms with E-state index in [-0.39, 0.29) is 16.7 Å². The molecule has 0 spiro atoms. The summed E-state index contributed by atoms with van der Waals surface area (Å²) in [4.78, 5) is 0. The molecule has 2 aromatic carbocycles. The highest BCUT2D eigenvalue weighted by atomic mass is 32.1. The summed E-state index contributed by atoms with van der Waals surface area (Å²) in [6, 6.07) is 10.2. The van der Waals surface area contributed by atoms with Crippen LogP contribution in [0.1, 0.15) is 6.92 Å². The molecule has 2 N–H and O–H groups in total. The minimum Gasteiger partial charge on any atom is -0.462 e. The first-order valence-electron chi connectivity index (χ1n) is 8.41. The van der Waals surface area contributed by atoms with Crippen LogP contribution in [0.5, 0.6) is 11.5 Å². The molecule has 6 nitrogen and oxygen atoms in total. The molecule has 1 heterocycles. The molecule has 28 heavy (non-hydrogen) atoms. The second-order valence-corrected chi connectivity index (χ2v) is 6.48. The Morgan fingerprint density at radius 3 is 2.04 bits per heavy atom. The highest BCUT2D eigenvalue weighted by molar-refractivity contribution is 7.79. The summed E-state index contributed by atoms with van der Waals surface area (Å²) in [6.07, 6.45) is -5.80. The minimum atomic E-state index is -1.42. The van der Waals surface area contributed by atoms with Gasteiger partial charge in [0.2, 0.25) is 6.29 Å². The van der Waals surface area contributed by atoms with E-state index in [1.54, 1.807) is 6.92 Å². The van der Waals surface area contributed by atoms with E-state index < -0.39 is 42.3 Å². The Hall–Kier alpha value is -2.33. The van der Waals surface area contributed by atoms with E-state index in [9.17, 15) is 19.0 Å². The van der Waals surface area contributed by atoms with Crippen LogP contribution < -0.4 is 9.47 Å². The van der Waals surface area contributed by atoms with Gasteiger partial charge in [0, 0.05) is 12.2 Å². The van der Waals surface area contributed by atoms with Crippen LogP contribution in [0.25, 0.3) is 0 Å². The van der Waals surface area contributed by atoms with Crippen LogP contribution in [-0.2, 0) is 9.47 Å². The van der Waals surface area contributed by atoms with Crippen molar-refractivity contribution >= 4 is 17.5 Å². The molecule has 1 saturated heterocycles. The highest BCUT2D eigenvalue weighted by Crippen LogP contribution is 2.27.